The highest BCUT2D eigenvalue weighted by Crippen LogP contribution is 2.24. The van der Waals surface area contributed by atoms with Crippen LogP contribution in [0.2, 0.25) is 5.02 Å². The van der Waals surface area contributed by atoms with Crippen molar-refractivity contribution in [3.05, 3.63) is 81.7 Å². The molecule has 0 bridgehead atoms. The monoisotopic (exact) mass is 493 g/mol. The van der Waals surface area contributed by atoms with E-state index in [2.05, 4.69) is 39.3 Å². The van der Waals surface area contributed by atoms with E-state index in [-0.39, 0.29) is 17.2 Å². The van der Waals surface area contributed by atoms with E-state index >= 15 is 0 Å². The normalized spacial score (nSPS) is 14.6. The number of nitrogens with zero attached hydrogens (tertiary/aromatic N) is 4. The maximum atomic E-state index is 12.8. The highest BCUT2D eigenvalue weighted by atomic mass is 35.5. The molecule has 0 atom stereocenters. The number of H-pyrrole nitrogens is 1. The summed E-state index contributed by atoms with van der Waals surface area (Å²) in [6.07, 6.45) is 4.56. The van der Waals surface area contributed by atoms with Gasteiger partial charge in [0.25, 0.3) is 5.56 Å². The highest BCUT2D eigenvalue weighted by Gasteiger charge is 2.23. The van der Waals surface area contributed by atoms with Gasteiger partial charge in [-0.2, -0.15) is 5.10 Å². The summed E-state index contributed by atoms with van der Waals surface area (Å²) < 4.78 is 1.58. The topological polar surface area (TPSA) is 83.9 Å². The molecule has 0 spiro atoms. The van der Waals surface area contributed by atoms with Gasteiger partial charge in [-0.15, -0.1) is 0 Å². The van der Waals surface area contributed by atoms with E-state index in [0.717, 1.165) is 32.4 Å². The second-order valence-electron chi connectivity index (χ2n) is 8.45. The van der Waals surface area contributed by atoms with Crippen LogP contribution in [0.3, 0.4) is 0 Å². The summed E-state index contributed by atoms with van der Waals surface area (Å²) >= 11 is 7.35. The number of rotatable bonds is 6. The van der Waals surface area contributed by atoms with Crippen LogP contribution in [0.5, 0.6) is 0 Å². The Hall–Kier alpha value is -3.10. The molecule has 0 radical (unpaired) electrons. The molecule has 1 amide bonds. The number of aromatic nitrogens is 4. The Labute approximate surface area is 206 Å². The molecule has 4 aromatic rings. The van der Waals surface area contributed by atoms with Gasteiger partial charge in [-0.05, 0) is 48.9 Å². The molecule has 5 rings (SSSR count). The maximum Gasteiger partial charge on any atom is 0.262 e. The molecule has 1 N–H and O–H groups in total. The number of hydrogen-bond acceptors (Lipinski definition) is 5. The molecule has 0 saturated carbocycles. The van der Waals surface area contributed by atoms with Crippen LogP contribution in [0.15, 0.2) is 70.7 Å². The van der Waals surface area contributed by atoms with E-state index < -0.39 is 0 Å². The Balaban J connectivity index is 1.22. The summed E-state index contributed by atoms with van der Waals surface area (Å²) in [6, 6.07) is 17.7. The molecular weight excluding hydrogens is 470 g/mol. The van der Waals surface area contributed by atoms with Gasteiger partial charge in [0.05, 0.1) is 17.6 Å². The molecule has 7 nitrogen and oxygen atoms in total. The number of aromatic amines is 1. The molecule has 0 unspecified atom stereocenters. The van der Waals surface area contributed by atoms with Crippen LogP contribution in [0, 0.1) is 5.92 Å². The van der Waals surface area contributed by atoms with Crippen LogP contribution in [-0.4, -0.2) is 49.4 Å². The summed E-state index contributed by atoms with van der Waals surface area (Å²) in [4.78, 5) is 34.6. The van der Waals surface area contributed by atoms with Crippen LogP contribution < -0.4 is 5.56 Å². The number of carbonyl (C=O) groups excluding carboxylic acids is 1. The quantitative estimate of drug-likeness (QED) is 0.319. The third-order valence-electron chi connectivity index (χ3n) is 6.14. The van der Waals surface area contributed by atoms with Crippen molar-refractivity contribution >= 4 is 40.3 Å². The third kappa shape index (κ3) is 5.03. The number of halogens is 1. The van der Waals surface area contributed by atoms with Crippen LogP contribution in [0.1, 0.15) is 18.4 Å². The Morgan fingerprint density at radius 1 is 1.12 bits per heavy atom. The summed E-state index contributed by atoms with van der Waals surface area (Å²) in [5.41, 5.74) is 2.22. The van der Waals surface area contributed by atoms with Gasteiger partial charge < -0.3 is 9.88 Å². The number of thioether (sulfide) groups is 1. The first kappa shape index (κ1) is 22.7. The standard InChI is InChI=1S/C25H24ClN5O2S/c26-19-7-4-8-20(14-19)31-23-21(15-27-31)24(33)29-25(28-23)34-16-22(32)30-11-9-18(10-12-30)13-17-5-2-1-3-6-17/h1-8,14-15,18H,9-13,16H2,(H,28,29,33). The number of hydrogen-bond donors (Lipinski definition) is 1. The molecule has 1 saturated heterocycles. The van der Waals surface area contributed by atoms with Crippen molar-refractivity contribution in [3.63, 3.8) is 0 Å². The van der Waals surface area contributed by atoms with Gasteiger partial charge in [0.2, 0.25) is 5.91 Å². The fourth-order valence-electron chi connectivity index (χ4n) is 4.32. The van der Waals surface area contributed by atoms with E-state index in [1.54, 1.807) is 16.8 Å². The second kappa shape index (κ2) is 10.0. The van der Waals surface area contributed by atoms with Crippen molar-refractivity contribution in [1.82, 2.24) is 24.6 Å². The molecule has 0 aliphatic carbocycles. The van der Waals surface area contributed by atoms with Gasteiger partial charge >= 0.3 is 0 Å². The fraction of sp³-hybridized carbons (Fsp3) is 0.280. The van der Waals surface area contributed by atoms with Gasteiger partial charge in [0.15, 0.2) is 10.8 Å². The minimum absolute atomic E-state index is 0.0641. The molecule has 9 heteroatoms. The predicted molar refractivity (Wildman–Crippen MR) is 135 cm³/mol. The average molecular weight is 494 g/mol. The second-order valence-corrected chi connectivity index (χ2v) is 9.85. The first-order valence-corrected chi connectivity index (χ1v) is 12.6. The van der Waals surface area contributed by atoms with Gasteiger partial charge in [0, 0.05) is 18.1 Å². The molecule has 34 heavy (non-hydrogen) atoms. The molecule has 1 aliphatic heterocycles. The van der Waals surface area contributed by atoms with Gasteiger partial charge in [0.1, 0.15) is 5.39 Å². The smallest absolute Gasteiger partial charge is 0.262 e. The molecule has 1 aliphatic rings. The Bertz CT molecular complexity index is 1360. The zero-order valence-electron chi connectivity index (χ0n) is 18.5. The van der Waals surface area contributed by atoms with Crippen LogP contribution in [0.25, 0.3) is 16.7 Å². The molecular formula is C25H24ClN5O2S. The summed E-state index contributed by atoms with van der Waals surface area (Å²) in [6.45, 7) is 1.53. The largest absolute Gasteiger partial charge is 0.342 e. The van der Waals surface area contributed by atoms with Crippen molar-refractivity contribution in [2.24, 2.45) is 5.92 Å². The first-order valence-electron chi connectivity index (χ1n) is 11.3. The fourth-order valence-corrected chi connectivity index (χ4v) is 5.26. The predicted octanol–water partition coefficient (Wildman–Crippen LogP) is 4.34. The van der Waals surface area contributed by atoms with Crippen LogP contribution in [-0.2, 0) is 11.2 Å². The number of benzene rings is 2. The zero-order valence-corrected chi connectivity index (χ0v) is 20.1. The molecule has 1 fully saturated rings. The van der Waals surface area contributed by atoms with E-state index in [1.165, 1.54) is 23.5 Å². The number of likely N-dealkylation sites (tertiary alicyclic amines) is 1. The Morgan fingerprint density at radius 3 is 2.68 bits per heavy atom. The van der Waals surface area contributed by atoms with Gasteiger partial charge in [-0.3, -0.25) is 9.59 Å². The summed E-state index contributed by atoms with van der Waals surface area (Å²) in [5, 5.41) is 5.66. The van der Waals surface area contributed by atoms with Crippen molar-refractivity contribution in [1.29, 1.82) is 0 Å². The van der Waals surface area contributed by atoms with Crippen molar-refractivity contribution in [2.75, 3.05) is 18.8 Å². The average Bonchev–Trinajstić information content (AvgIpc) is 3.28. The zero-order chi connectivity index (χ0) is 23.5. The Kier molecular flexibility index (Phi) is 6.69. The lowest BCUT2D eigenvalue weighted by atomic mass is 9.90. The van der Waals surface area contributed by atoms with Crippen molar-refractivity contribution in [3.8, 4) is 5.69 Å². The summed E-state index contributed by atoms with van der Waals surface area (Å²) in [7, 11) is 0. The number of carbonyl (C=O) groups is 1. The lowest BCUT2D eigenvalue weighted by molar-refractivity contribution is -0.129. The van der Waals surface area contributed by atoms with Crippen LogP contribution >= 0.6 is 23.4 Å². The van der Waals surface area contributed by atoms with E-state index in [9.17, 15) is 9.59 Å². The molecule has 2 aromatic carbocycles. The lowest BCUT2D eigenvalue weighted by Crippen LogP contribution is -2.39. The lowest BCUT2D eigenvalue weighted by Gasteiger charge is -2.32. The molecule has 174 valence electrons. The van der Waals surface area contributed by atoms with Crippen LogP contribution in [0.4, 0.5) is 0 Å². The maximum absolute atomic E-state index is 12.8. The molecule has 3 heterocycles. The van der Waals surface area contributed by atoms with Crippen molar-refractivity contribution in [2.45, 2.75) is 24.4 Å². The Morgan fingerprint density at radius 2 is 1.91 bits per heavy atom. The SMILES string of the molecule is O=C(CSc1nc2c(cnn2-c2cccc(Cl)c2)c(=O)[nH]1)N1CCC(Cc2ccccc2)CC1. The van der Waals surface area contributed by atoms with Gasteiger partial charge in [-0.1, -0.05) is 59.8 Å². The molecule has 2 aromatic heterocycles. The van der Waals surface area contributed by atoms with Crippen molar-refractivity contribution < 1.29 is 4.79 Å². The highest BCUT2D eigenvalue weighted by molar-refractivity contribution is 7.99. The number of nitrogens with one attached hydrogen (secondary N) is 1. The number of fused-ring (bicyclic) bond motifs is 1. The summed E-state index contributed by atoms with van der Waals surface area (Å²) in [5.74, 6) is 0.892. The van der Waals surface area contributed by atoms with E-state index in [0.29, 0.717) is 32.8 Å². The third-order valence-corrected chi connectivity index (χ3v) is 7.23. The van der Waals surface area contributed by atoms with E-state index in [1.807, 2.05) is 23.1 Å². The number of piperidine rings is 1. The number of amides is 1. The van der Waals surface area contributed by atoms with E-state index in [4.69, 9.17) is 11.6 Å². The van der Waals surface area contributed by atoms with Gasteiger partial charge in [-0.25, -0.2) is 9.67 Å². The minimum Gasteiger partial charge on any atom is -0.342 e. The first-order chi connectivity index (χ1) is 16.6. The minimum atomic E-state index is -0.282.